The van der Waals surface area contributed by atoms with Crippen molar-refractivity contribution in [2.45, 2.75) is 31.3 Å². The summed E-state index contributed by atoms with van der Waals surface area (Å²) in [5, 5.41) is 9.77. The molecule has 0 aromatic carbocycles. The molecule has 0 aliphatic carbocycles. The summed E-state index contributed by atoms with van der Waals surface area (Å²) < 4.78 is 20.8. The fourth-order valence-electron chi connectivity index (χ4n) is 1.55. The Morgan fingerprint density at radius 2 is 2.00 bits per heavy atom. The molecule has 0 saturated carbocycles. The van der Waals surface area contributed by atoms with Crippen molar-refractivity contribution in [3.8, 4) is 0 Å². The van der Waals surface area contributed by atoms with Crippen LogP contribution in [0.1, 0.15) is 6.92 Å². The van der Waals surface area contributed by atoms with E-state index < -0.39 is 6.10 Å². The zero-order valence-electron chi connectivity index (χ0n) is 7.51. The average Bonchev–Trinajstić information content (AvgIpc) is 2.29. The van der Waals surface area contributed by atoms with E-state index >= 15 is 0 Å². The van der Waals surface area contributed by atoms with Crippen LogP contribution < -0.4 is 0 Å². The molecule has 2 aliphatic heterocycles. The van der Waals surface area contributed by atoms with E-state index in [1.54, 1.807) is 6.92 Å². The fourth-order valence-corrected chi connectivity index (χ4v) is 1.55. The van der Waals surface area contributed by atoms with Crippen LogP contribution in [0.25, 0.3) is 0 Å². The molecule has 5 heteroatoms. The molecule has 0 aromatic heterocycles. The van der Waals surface area contributed by atoms with Gasteiger partial charge in [0.25, 0.3) is 0 Å². The van der Waals surface area contributed by atoms with Gasteiger partial charge in [-0.1, -0.05) is 0 Å². The summed E-state index contributed by atoms with van der Waals surface area (Å²) in [4.78, 5) is 0. The molecule has 0 radical (unpaired) electrons. The molecule has 13 heavy (non-hydrogen) atoms. The Balaban J connectivity index is 2.06. The van der Waals surface area contributed by atoms with Crippen molar-refractivity contribution < 1.29 is 24.1 Å². The van der Waals surface area contributed by atoms with Crippen LogP contribution in [0, 0.1) is 0 Å². The van der Waals surface area contributed by atoms with Gasteiger partial charge in [-0.2, -0.15) is 0 Å². The Bertz CT molecular complexity index is 172. The van der Waals surface area contributed by atoms with Gasteiger partial charge in [0, 0.05) is 0 Å². The second-order valence-corrected chi connectivity index (χ2v) is 3.31. The minimum atomic E-state index is -0.642. The summed E-state index contributed by atoms with van der Waals surface area (Å²) >= 11 is 0. The molecule has 0 bridgehead atoms. The molecule has 4 atom stereocenters. The molecule has 2 heterocycles. The first kappa shape index (κ1) is 9.36. The third-order valence-electron chi connectivity index (χ3n) is 2.42. The lowest BCUT2D eigenvalue weighted by Gasteiger charge is -2.32. The number of aliphatic hydroxyl groups excluding tert-OH is 1. The molecular weight excluding hydrogens is 176 g/mol. The first-order valence-corrected chi connectivity index (χ1v) is 4.39. The first-order chi connectivity index (χ1) is 6.29. The van der Waals surface area contributed by atoms with Crippen LogP contribution in [0.2, 0.25) is 0 Å². The molecule has 2 saturated heterocycles. The lowest BCUT2D eigenvalue weighted by Crippen LogP contribution is -2.49. The number of aliphatic hydroxyl groups is 1. The van der Waals surface area contributed by atoms with E-state index in [1.807, 2.05) is 0 Å². The maximum atomic E-state index is 9.77. The number of ether oxygens (including phenoxy) is 4. The van der Waals surface area contributed by atoms with Gasteiger partial charge in [0.05, 0.1) is 12.7 Å². The van der Waals surface area contributed by atoms with Gasteiger partial charge < -0.3 is 24.1 Å². The van der Waals surface area contributed by atoms with Gasteiger partial charge in [-0.25, -0.2) is 0 Å². The predicted molar refractivity (Wildman–Crippen MR) is 42.0 cm³/mol. The van der Waals surface area contributed by atoms with E-state index in [4.69, 9.17) is 18.9 Å². The van der Waals surface area contributed by atoms with Crippen molar-refractivity contribution >= 4 is 0 Å². The number of hydrogen-bond donors (Lipinski definition) is 1. The van der Waals surface area contributed by atoms with Crippen LogP contribution in [-0.2, 0) is 18.9 Å². The second kappa shape index (κ2) is 3.89. The van der Waals surface area contributed by atoms with E-state index in [0.717, 1.165) is 0 Å². The van der Waals surface area contributed by atoms with E-state index in [9.17, 15) is 5.11 Å². The molecule has 0 amide bonds. The monoisotopic (exact) mass is 190 g/mol. The normalized spacial score (nSPS) is 46.6. The van der Waals surface area contributed by atoms with Crippen molar-refractivity contribution in [2.75, 3.05) is 20.2 Å². The molecule has 2 fully saturated rings. The summed E-state index contributed by atoms with van der Waals surface area (Å²) in [7, 11) is 0. The van der Waals surface area contributed by atoms with Crippen LogP contribution in [0.15, 0.2) is 0 Å². The van der Waals surface area contributed by atoms with Crippen molar-refractivity contribution in [1.82, 2.24) is 0 Å². The van der Waals surface area contributed by atoms with Crippen molar-refractivity contribution in [3.63, 3.8) is 0 Å². The summed E-state index contributed by atoms with van der Waals surface area (Å²) in [6, 6.07) is 0. The SMILES string of the molecule is C[C@H]1OCO[C@@H]2COCO[C@@H]2[C@H]1O. The van der Waals surface area contributed by atoms with Crippen molar-refractivity contribution in [1.29, 1.82) is 0 Å². The number of fused-ring (bicyclic) bond motifs is 1. The van der Waals surface area contributed by atoms with Gasteiger partial charge in [-0.05, 0) is 6.92 Å². The Hall–Kier alpha value is -0.200. The van der Waals surface area contributed by atoms with Crippen LogP contribution in [0.5, 0.6) is 0 Å². The zero-order chi connectivity index (χ0) is 9.26. The summed E-state index contributed by atoms with van der Waals surface area (Å²) in [5.41, 5.74) is 0. The van der Waals surface area contributed by atoms with Crippen LogP contribution >= 0.6 is 0 Å². The topological polar surface area (TPSA) is 57.2 Å². The van der Waals surface area contributed by atoms with E-state index in [1.165, 1.54) is 0 Å². The lowest BCUT2D eigenvalue weighted by atomic mass is 10.0. The highest BCUT2D eigenvalue weighted by molar-refractivity contribution is 4.84. The molecule has 1 N–H and O–H groups in total. The Morgan fingerprint density at radius 3 is 2.85 bits per heavy atom. The van der Waals surface area contributed by atoms with E-state index in [-0.39, 0.29) is 31.9 Å². The van der Waals surface area contributed by atoms with Gasteiger partial charge >= 0.3 is 0 Å². The van der Waals surface area contributed by atoms with Gasteiger partial charge in [-0.3, -0.25) is 0 Å². The lowest BCUT2D eigenvalue weighted by molar-refractivity contribution is -0.226. The highest BCUT2D eigenvalue weighted by Crippen LogP contribution is 2.21. The molecule has 2 rings (SSSR count). The van der Waals surface area contributed by atoms with E-state index in [0.29, 0.717) is 6.61 Å². The fraction of sp³-hybridized carbons (Fsp3) is 1.00. The van der Waals surface area contributed by atoms with Crippen LogP contribution in [-0.4, -0.2) is 49.7 Å². The minimum Gasteiger partial charge on any atom is -0.388 e. The van der Waals surface area contributed by atoms with Gasteiger partial charge in [0.2, 0.25) is 0 Å². The maximum absolute atomic E-state index is 9.77. The Labute approximate surface area is 76.5 Å². The van der Waals surface area contributed by atoms with Gasteiger partial charge in [-0.15, -0.1) is 0 Å². The largest absolute Gasteiger partial charge is 0.388 e. The quantitative estimate of drug-likeness (QED) is 0.557. The smallest absolute Gasteiger partial charge is 0.147 e. The number of rotatable bonds is 0. The van der Waals surface area contributed by atoms with Crippen molar-refractivity contribution in [3.05, 3.63) is 0 Å². The average molecular weight is 190 g/mol. The summed E-state index contributed by atoms with van der Waals surface area (Å²) in [5.74, 6) is 0. The molecule has 5 nitrogen and oxygen atoms in total. The third kappa shape index (κ3) is 1.84. The van der Waals surface area contributed by atoms with E-state index in [2.05, 4.69) is 0 Å². The summed E-state index contributed by atoms with van der Waals surface area (Å²) in [6.45, 7) is 2.66. The molecule has 0 unspecified atom stereocenters. The number of hydrogen-bond acceptors (Lipinski definition) is 5. The van der Waals surface area contributed by atoms with Crippen LogP contribution in [0.3, 0.4) is 0 Å². The molecule has 0 aromatic rings. The molecule has 2 aliphatic rings. The first-order valence-electron chi connectivity index (χ1n) is 4.39. The standard InChI is InChI=1S/C8H14O5/c1-5-7(9)8-6(12-4-11-5)2-10-3-13-8/h5-9H,2-4H2,1H3/t5-,6-,7+,8+/m1/s1. The molecule has 76 valence electrons. The van der Waals surface area contributed by atoms with Gasteiger partial charge in [0.1, 0.15) is 31.9 Å². The van der Waals surface area contributed by atoms with Gasteiger partial charge in [0.15, 0.2) is 0 Å². The molecule has 0 spiro atoms. The molecular formula is C8H14O5. The Kier molecular flexibility index (Phi) is 2.80. The van der Waals surface area contributed by atoms with Crippen molar-refractivity contribution in [2.24, 2.45) is 0 Å². The second-order valence-electron chi connectivity index (χ2n) is 3.31. The highest BCUT2D eigenvalue weighted by Gasteiger charge is 2.38. The predicted octanol–water partition coefficient (Wildman–Crippen LogP) is -0.518. The van der Waals surface area contributed by atoms with Crippen LogP contribution in [0.4, 0.5) is 0 Å². The minimum absolute atomic E-state index is 0.187. The third-order valence-corrected chi connectivity index (χ3v) is 2.42. The zero-order valence-corrected chi connectivity index (χ0v) is 7.51. The highest BCUT2D eigenvalue weighted by atomic mass is 16.7. The summed E-state index contributed by atoms with van der Waals surface area (Å²) in [6.07, 6.45) is -1.44. The maximum Gasteiger partial charge on any atom is 0.147 e. The Morgan fingerprint density at radius 1 is 1.15 bits per heavy atom.